The number of rotatable bonds is 5. The van der Waals surface area contributed by atoms with Crippen molar-refractivity contribution in [1.82, 2.24) is 0 Å². The number of hydrogen-bond donors (Lipinski definition) is 0. The zero-order valence-corrected chi connectivity index (χ0v) is 17.0. The second kappa shape index (κ2) is 9.41. The van der Waals surface area contributed by atoms with Crippen LogP contribution >= 0.6 is 23.1 Å². The predicted molar refractivity (Wildman–Crippen MR) is 102 cm³/mol. The molecule has 0 atom stereocenters. The van der Waals surface area contributed by atoms with Crippen molar-refractivity contribution in [3.05, 3.63) is 28.1 Å². The molecule has 1 heterocycles. The summed E-state index contributed by atoms with van der Waals surface area (Å²) in [7, 11) is -2.20. The van der Waals surface area contributed by atoms with Gasteiger partial charge in [-0.1, -0.05) is 18.3 Å². The normalized spacial score (nSPS) is 12.0. The van der Waals surface area contributed by atoms with Crippen molar-refractivity contribution >= 4 is 49.5 Å². The van der Waals surface area contributed by atoms with Crippen molar-refractivity contribution in [3.8, 4) is 5.75 Å². The second-order valence-electron chi connectivity index (χ2n) is 4.89. The molecule has 0 aliphatic carbocycles. The number of aromatic nitrogens is 1. The summed E-state index contributed by atoms with van der Waals surface area (Å²) in [5.41, 5.74) is 1.26. The van der Waals surface area contributed by atoms with Crippen molar-refractivity contribution in [2.75, 3.05) is 19.6 Å². The van der Waals surface area contributed by atoms with E-state index in [1.54, 1.807) is 7.11 Å². The number of thiazole rings is 1. The van der Waals surface area contributed by atoms with Crippen LogP contribution in [0.3, 0.4) is 0 Å². The Kier molecular flexibility index (Phi) is 8.21. The third-order valence-corrected chi connectivity index (χ3v) is 5.19. The lowest BCUT2D eigenvalue weighted by Crippen LogP contribution is -2.33. The number of aryl methyl sites for hydroxylation is 1. The molecule has 0 aliphatic rings. The molecule has 0 spiro atoms. The maximum atomic E-state index is 9.08. The minimum Gasteiger partial charge on any atom is -0.748 e. The first-order valence-corrected chi connectivity index (χ1v) is 11.2. The second-order valence-corrected chi connectivity index (χ2v) is 8.29. The first-order chi connectivity index (χ1) is 11.2. The minimum absolute atomic E-state index is 0.604. The maximum Gasteiger partial charge on any atom is 0.263 e. The van der Waals surface area contributed by atoms with E-state index in [1.807, 2.05) is 29.2 Å². The van der Waals surface area contributed by atoms with Gasteiger partial charge in [0.25, 0.3) is 5.01 Å². The molecule has 2 rings (SSSR count). The van der Waals surface area contributed by atoms with E-state index in [1.165, 1.54) is 20.1 Å². The van der Waals surface area contributed by atoms with Crippen LogP contribution in [0, 0.1) is 0 Å². The molecule has 5 nitrogen and oxygen atoms in total. The number of hydrogen-bond acceptors (Lipinski definition) is 6. The Labute approximate surface area is 152 Å². The van der Waals surface area contributed by atoms with E-state index < -0.39 is 10.1 Å². The third kappa shape index (κ3) is 6.43. The van der Waals surface area contributed by atoms with E-state index in [4.69, 9.17) is 17.7 Å². The number of methoxy groups -OCH3 is 1. The van der Waals surface area contributed by atoms with Crippen molar-refractivity contribution in [2.24, 2.45) is 0 Å². The molecule has 0 fully saturated rings. The Morgan fingerprint density at radius 3 is 2.50 bits per heavy atom. The average molecular weight is 390 g/mol. The lowest BCUT2D eigenvalue weighted by Gasteiger charge is -1.98. The summed E-state index contributed by atoms with van der Waals surface area (Å²) < 4.78 is 36.2. The highest BCUT2D eigenvalue weighted by Gasteiger charge is 2.18. The molecule has 0 saturated carbocycles. The molecule has 0 bridgehead atoms. The van der Waals surface area contributed by atoms with Gasteiger partial charge in [-0.25, -0.2) is 8.42 Å². The fourth-order valence-electron chi connectivity index (χ4n) is 2.08. The predicted octanol–water partition coefficient (Wildman–Crippen LogP) is 3.49. The fourth-order valence-corrected chi connectivity index (χ4v) is 3.85. The van der Waals surface area contributed by atoms with Crippen molar-refractivity contribution in [1.29, 1.82) is 0 Å². The SMILES string of the molecule is CC/C(=C\c1sc2ccc(OC)cc2[n+]1CC)SC.CS(=O)(=O)[O-]. The Bertz CT molecular complexity index is 796. The van der Waals surface area contributed by atoms with E-state index in [0.717, 1.165) is 18.7 Å². The zero-order chi connectivity index (χ0) is 18.3. The zero-order valence-electron chi connectivity index (χ0n) is 14.5. The Hall–Kier alpha value is -1.09. The molecule has 0 unspecified atom stereocenters. The Morgan fingerprint density at radius 1 is 1.42 bits per heavy atom. The smallest absolute Gasteiger partial charge is 0.263 e. The van der Waals surface area contributed by atoms with Crippen molar-refractivity contribution < 1.29 is 22.3 Å². The highest BCUT2D eigenvalue weighted by Crippen LogP contribution is 2.28. The van der Waals surface area contributed by atoms with E-state index >= 15 is 0 Å². The fraction of sp³-hybridized carbons (Fsp3) is 0.438. The molecule has 1 aromatic heterocycles. The van der Waals surface area contributed by atoms with E-state index in [9.17, 15) is 0 Å². The van der Waals surface area contributed by atoms with Crippen LogP contribution in [0.5, 0.6) is 5.75 Å². The van der Waals surface area contributed by atoms with Crippen LogP contribution in [0.2, 0.25) is 0 Å². The standard InChI is InChI=1S/C15H20NOS2.CH4O3S/c1-5-12(18-4)10-15-16(6-2)13-9-11(17-3)7-8-14(13)19-15;1-5(2,3)4/h7-10H,5-6H2,1-4H3;1H3,(H,2,3,4)/q+1;/p-1/b12-10+;. The van der Waals surface area contributed by atoms with Crippen LogP contribution in [0.25, 0.3) is 16.3 Å². The van der Waals surface area contributed by atoms with Gasteiger partial charge in [-0.2, -0.15) is 4.57 Å². The molecule has 0 saturated heterocycles. The van der Waals surface area contributed by atoms with Gasteiger partial charge in [0.15, 0.2) is 0 Å². The summed E-state index contributed by atoms with van der Waals surface area (Å²) in [5.74, 6) is 0.920. The maximum absolute atomic E-state index is 9.08. The molecular weight excluding hydrogens is 366 g/mol. The molecule has 0 amide bonds. The van der Waals surface area contributed by atoms with Crippen LogP contribution in [0.1, 0.15) is 25.3 Å². The van der Waals surface area contributed by atoms with Crippen LogP contribution in [0.4, 0.5) is 0 Å². The number of thioether (sulfide) groups is 1. The molecule has 0 aliphatic heterocycles. The third-order valence-electron chi connectivity index (χ3n) is 3.15. The molecule has 24 heavy (non-hydrogen) atoms. The minimum atomic E-state index is -3.92. The highest BCUT2D eigenvalue weighted by atomic mass is 32.2. The average Bonchev–Trinajstić information content (AvgIpc) is 2.86. The molecule has 134 valence electrons. The molecule has 1 aromatic carbocycles. The quantitative estimate of drug-likeness (QED) is 0.578. The number of allylic oxidation sites excluding steroid dienone is 1. The Balaban J connectivity index is 0.000000505. The van der Waals surface area contributed by atoms with Gasteiger partial charge in [0, 0.05) is 12.3 Å². The summed E-state index contributed by atoms with van der Waals surface area (Å²) >= 11 is 3.68. The van der Waals surface area contributed by atoms with Crippen LogP contribution in [0.15, 0.2) is 23.1 Å². The molecule has 8 heteroatoms. The van der Waals surface area contributed by atoms with Gasteiger partial charge in [-0.15, -0.1) is 11.8 Å². The first kappa shape index (κ1) is 21.0. The summed E-state index contributed by atoms with van der Waals surface area (Å²) in [6.45, 7) is 5.37. The lowest BCUT2D eigenvalue weighted by atomic mass is 10.3. The monoisotopic (exact) mass is 389 g/mol. The summed E-state index contributed by atoms with van der Waals surface area (Å²) in [5, 5.41) is 1.32. The van der Waals surface area contributed by atoms with Gasteiger partial charge in [0.05, 0.1) is 23.3 Å². The van der Waals surface area contributed by atoms with E-state index in [2.05, 4.69) is 42.9 Å². The van der Waals surface area contributed by atoms with Gasteiger partial charge in [-0.05, 0) is 36.6 Å². The Morgan fingerprint density at radius 2 is 2.04 bits per heavy atom. The number of nitrogens with zero attached hydrogens (tertiary/aromatic N) is 1. The largest absolute Gasteiger partial charge is 0.748 e. The van der Waals surface area contributed by atoms with E-state index in [0.29, 0.717) is 6.26 Å². The molecule has 0 N–H and O–H groups in total. The van der Waals surface area contributed by atoms with E-state index in [-0.39, 0.29) is 0 Å². The van der Waals surface area contributed by atoms with Gasteiger partial charge >= 0.3 is 0 Å². The van der Waals surface area contributed by atoms with Gasteiger partial charge in [-0.3, -0.25) is 0 Å². The van der Waals surface area contributed by atoms with Crippen LogP contribution in [-0.4, -0.2) is 32.6 Å². The summed E-state index contributed by atoms with van der Waals surface area (Å²) in [6, 6.07) is 6.30. The number of ether oxygens (including phenoxy) is 1. The van der Waals surface area contributed by atoms with Crippen molar-refractivity contribution in [2.45, 2.75) is 26.8 Å². The van der Waals surface area contributed by atoms with Gasteiger partial charge < -0.3 is 9.29 Å². The van der Waals surface area contributed by atoms with Crippen LogP contribution < -0.4 is 9.30 Å². The summed E-state index contributed by atoms with van der Waals surface area (Å²) in [4.78, 5) is 1.42. The van der Waals surface area contributed by atoms with Crippen molar-refractivity contribution in [3.63, 3.8) is 0 Å². The topological polar surface area (TPSA) is 70.3 Å². The first-order valence-electron chi connectivity index (χ1n) is 7.39. The lowest BCUT2D eigenvalue weighted by molar-refractivity contribution is -0.665. The van der Waals surface area contributed by atoms with Crippen LogP contribution in [-0.2, 0) is 16.7 Å². The van der Waals surface area contributed by atoms with Gasteiger partial charge in [0.2, 0.25) is 5.52 Å². The number of benzene rings is 1. The molecular formula is C16H23NO4S3. The van der Waals surface area contributed by atoms with Gasteiger partial charge in [0.1, 0.15) is 17.0 Å². The number of fused-ring (bicyclic) bond motifs is 1. The highest BCUT2D eigenvalue weighted by molar-refractivity contribution is 8.02. The molecule has 0 radical (unpaired) electrons. The molecule has 2 aromatic rings. The summed E-state index contributed by atoms with van der Waals surface area (Å²) in [6.07, 6.45) is 6.14.